The molecule has 11 heteroatoms. The van der Waals surface area contributed by atoms with E-state index in [1.54, 1.807) is 39.8 Å². The summed E-state index contributed by atoms with van der Waals surface area (Å²) in [6, 6.07) is 3.61. The summed E-state index contributed by atoms with van der Waals surface area (Å²) in [7, 11) is 4.70. The highest BCUT2D eigenvalue weighted by Crippen LogP contribution is 2.41. The van der Waals surface area contributed by atoms with Crippen molar-refractivity contribution in [3.8, 4) is 17.2 Å². The fourth-order valence-electron chi connectivity index (χ4n) is 3.89. The first-order valence-corrected chi connectivity index (χ1v) is 10.9. The zero-order valence-corrected chi connectivity index (χ0v) is 19.3. The van der Waals surface area contributed by atoms with Crippen LogP contribution in [-0.2, 0) is 11.3 Å². The summed E-state index contributed by atoms with van der Waals surface area (Å²) in [6.07, 6.45) is 3.27. The summed E-state index contributed by atoms with van der Waals surface area (Å²) in [6.45, 7) is 4.69. The van der Waals surface area contributed by atoms with Gasteiger partial charge in [-0.15, -0.1) is 0 Å². The molecular formula is C22H29N7O4. The van der Waals surface area contributed by atoms with Crippen molar-refractivity contribution in [1.82, 2.24) is 24.4 Å². The standard InChI is InChI=1S/C22H29N7O4/c1-5-23-22-26-20(25-14-11-15(31-2)19(33-4)16(12-14)32-3)18-21(27-22)29(13-24-18)10-9-28-8-6-7-17(28)30/h11-13H,5-10H2,1-4H3,(H2,23,25,26,27). The lowest BCUT2D eigenvalue weighted by Gasteiger charge is -2.16. The molecule has 0 aliphatic carbocycles. The van der Waals surface area contributed by atoms with Crippen LogP contribution < -0.4 is 24.8 Å². The predicted molar refractivity (Wildman–Crippen MR) is 125 cm³/mol. The molecule has 2 aromatic heterocycles. The van der Waals surface area contributed by atoms with E-state index in [1.165, 1.54) is 0 Å². The van der Waals surface area contributed by atoms with E-state index in [4.69, 9.17) is 14.2 Å². The molecule has 1 aromatic carbocycles. The molecule has 0 radical (unpaired) electrons. The Morgan fingerprint density at radius 2 is 1.82 bits per heavy atom. The van der Waals surface area contributed by atoms with Crippen LogP contribution in [0.1, 0.15) is 19.8 Å². The number of carbonyl (C=O) groups excluding carboxylic acids is 1. The van der Waals surface area contributed by atoms with E-state index in [2.05, 4.69) is 25.6 Å². The van der Waals surface area contributed by atoms with E-state index in [0.717, 1.165) is 13.0 Å². The number of hydrogen-bond acceptors (Lipinski definition) is 9. The molecule has 0 spiro atoms. The van der Waals surface area contributed by atoms with E-state index < -0.39 is 0 Å². The minimum atomic E-state index is 0.201. The van der Waals surface area contributed by atoms with Crippen LogP contribution in [0.15, 0.2) is 18.5 Å². The molecule has 1 fully saturated rings. The molecule has 2 N–H and O–H groups in total. The monoisotopic (exact) mass is 455 g/mol. The lowest BCUT2D eigenvalue weighted by atomic mass is 10.2. The maximum absolute atomic E-state index is 12.0. The zero-order valence-electron chi connectivity index (χ0n) is 19.3. The molecule has 4 rings (SSSR count). The summed E-state index contributed by atoms with van der Waals surface area (Å²) in [5.41, 5.74) is 2.00. The van der Waals surface area contributed by atoms with Crippen LogP contribution >= 0.6 is 0 Å². The van der Waals surface area contributed by atoms with Gasteiger partial charge in [-0.2, -0.15) is 9.97 Å². The fraction of sp³-hybridized carbons (Fsp3) is 0.455. The van der Waals surface area contributed by atoms with E-state index in [9.17, 15) is 4.79 Å². The first-order chi connectivity index (χ1) is 16.1. The van der Waals surface area contributed by atoms with Crippen molar-refractivity contribution in [3.05, 3.63) is 18.5 Å². The summed E-state index contributed by atoms with van der Waals surface area (Å²) >= 11 is 0. The summed E-state index contributed by atoms with van der Waals surface area (Å²) < 4.78 is 18.3. The number of likely N-dealkylation sites (tertiary alicyclic amines) is 1. The Kier molecular flexibility index (Phi) is 6.66. The maximum atomic E-state index is 12.0. The molecule has 1 amide bonds. The average Bonchev–Trinajstić information content (AvgIpc) is 3.42. The Bertz CT molecular complexity index is 1120. The molecule has 176 valence electrons. The molecule has 0 bridgehead atoms. The number of imidazole rings is 1. The van der Waals surface area contributed by atoms with Gasteiger partial charge in [0.15, 0.2) is 28.5 Å². The predicted octanol–water partition coefficient (Wildman–Crippen LogP) is 2.65. The second-order valence-electron chi connectivity index (χ2n) is 7.56. The molecule has 1 aliphatic rings. The van der Waals surface area contributed by atoms with Crippen molar-refractivity contribution in [2.24, 2.45) is 0 Å². The number of ether oxygens (including phenoxy) is 3. The van der Waals surface area contributed by atoms with Crippen molar-refractivity contribution in [3.63, 3.8) is 0 Å². The van der Waals surface area contributed by atoms with Crippen LogP contribution in [0.4, 0.5) is 17.5 Å². The van der Waals surface area contributed by atoms with E-state index in [0.29, 0.717) is 71.9 Å². The van der Waals surface area contributed by atoms with Gasteiger partial charge in [0, 0.05) is 50.4 Å². The normalized spacial score (nSPS) is 13.5. The third-order valence-electron chi connectivity index (χ3n) is 5.51. The molecule has 0 saturated carbocycles. The Morgan fingerprint density at radius 1 is 1.06 bits per heavy atom. The van der Waals surface area contributed by atoms with Crippen LogP contribution in [-0.4, -0.2) is 71.3 Å². The fourth-order valence-corrected chi connectivity index (χ4v) is 3.89. The van der Waals surface area contributed by atoms with Crippen LogP contribution in [0, 0.1) is 0 Å². The molecule has 0 unspecified atom stereocenters. The van der Waals surface area contributed by atoms with Crippen LogP contribution in [0.25, 0.3) is 11.2 Å². The topological polar surface area (TPSA) is 116 Å². The van der Waals surface area contributed by atoms with Gasteiger partial charge >= 0.3 is 0 Å². The van der Waals surface area contributed by atoms with Gasteiger partial charge in [-0.05, 0) is 13.3 Å². The average molecular weight is 456 g/mol. The summed E-state index contributed by atoms with van der Waals surface area (Å²) in [5.74, 6) is 2.79. The third-order valence-corrected chi connectivity index (χ3v) is 5.51. The van der Waals surface area contributed by atoms with Gasteiger partial charge in [-0.1, -0.05) is 0 Å². The number of carbonyl (C=O) groups is 1. The number of rotatable bonds is 10. The minimum Gasteiger partial charge on any atom is -0.493 e. The molecule has 1 saturated heterocycles. The molecule has 0 atom stereocenters. The zero-order chi connectivity index (χ0) is 23.4. The van der Waals surface area contributed by atoms with Gasteiger partial charge in [0.05, 0.1) is 27.7 Å². The Balaban J connectivity index is 1.68. The number of nitrogens with one attached hydrogen (secondary N) is 2. The van der Waals surface area contributed by atoms with Gasteiger partial charge < -0.3 is 34.3 Å². The Morgan fingerprint density at radius 3 is 2.42 bits per heavy atom. The van der Waals surface area contributed by atoms with Crippen molar-refractivity contribution in [2.45, 2.75) is 26.3 Å². The van der Waals surface area contributed by atoms with Crippen molar-refractivity contribution < 1.29 is 19.0 Å². The van der Waals surface area contributed by atoms with E-state index in [-0.39, 0.29) is 5.91 Å². The highest BCUT2D eigenvalue weighted by atomic mass is 16.5. The quantitative estimate of drug-likeness (QED) is 0.476. The lowest BCUT2D eigenvalue weighted by Crippen LogP contribution is -2.28. The number of amides is 1. The van der Waals surface area contributed by atoms with Gasteiger partial charge in [0.1, 0.15) is 0 Å². The maximum Gasteiger partial charge on any atom is 0.226 e. The van der Waals surface area contributed by atoms with Gasteiger partial charge in [0.2, 0.25) is 17.6 Å². The van der Waals surface area contributed by atoms with Crippen LogP contribution in [0.5, 0.6) is 17.2 Å². The SMILES string of the molecule is CCNc1nc(Nc2cc(OC)c(OC)c(OC)c2)c2ncn(CCN3CCCC3=O)c2n1. The number of methoxy groups -OCH3 is 3. The molecule has 3 aromatic rings. The third kappa shape index (κ3) is 4.57. The number of fused-ring (bicyclic) bond motifs is 1. The van der Waals surface area contributed by atoms with Gasteiger partial charge in [0.25, 0.3) is 0 Å². The lowest BCUT2D eigenvalue weighted by molar-refractivity contribution is -0.127. The number of anilines is 3. The smallest absolute Gasteiger partial charge is 0.226 e. The number of hydrogen-bond donors (Lipinski definition) is 2. The number of nitrogens with zero attached hydrogens (tertiary/aromatic N) is 5. The number of aromatic nitrogens is 4. The summed E-state index contributed by atoms with van der Waals surface area (Å²) in [4.78, 5) is 27.7. The molecule has 3 heterocycles. The second-order valence-corrected chi connectivity index (χ2v) is 7.56. The van der Waals surface area contributed by atoms with Gasteiger partial charge in [-0.25, -0.2) is 4.98 Å². The number of benzene rings is 1. The Labute approximate surface area is 192 Å². The summed E-state index contributed by atoms with van der Waals surface area (Å²) in [5, 5.41) is 6.49. The van der Waals surface area contributed by atoms with Crippen LogP contribution in [0.2, 0.25) is 0 Å². The highest BCUT2D eigenvalue weighted by molar-refractivity contribution is 5.87. The molecular weight excluding hydrogens is 426 g/mol. The van der Waals surface area contributed by atoms with Crippen molar-refractivity contribution in [2.75, 3.05) is 51.6 Å². The molecule has 1 aliphatic heterocycles. The largest absolute Gasteiger partial charge is 0.493 e. The highest BCUT2D eigenvalue weighted by Gasteiger charge is 2.21. The van der Waals surface area contributed by atoms with E-state index >= 15 is 0 Å². The molecule has 33 heavy (non-hydrogen) atoms. The van der Waals surface area contributed by atoms with Gasteiger partial charge in [-0.3, -0.25) is 4.79 Å². The molecule has 11 nitrogen and oxygen atoms in total. The minimum absolute atomic E-state index is 0.201. The first kappa shape index (κ1) is 22.4. The second kappa shape index (κ2) is 9.80. The van der Waals surface area contributed by atoms with E-state index in [1.807, 2.05) is 16.4 Å². The first-order valence-electron chi connectivity index (χ1n) is 10.9. The Hall–Kier alpha value is -3.76. The van der Waals surface area contributed by atoms with Crippen LogP contribution in [0.3, 0.4) is 0 Å². The van der Waals surface area contributed by atoms with Crippen molar-refractivity contribution >= 4 is 34.5 Å². The van der Waals surface area contributed by atoms with Crippen molar-refractivity contribution in [1.29, 1.82) is 0 Å².